The van der Waals surface area contributed by atoms with Crippen LogP contribution in [0.2, 0.25) is 0 Å². The molecule has 0 heterocycles. The summed E-state index contributed by atoms with van der Waals surface area (Å²) in [5.41, 5.74) is 2.36. The van der Waals surface area contributed by atoms with Crippen LogP contribution >= 0.6 is 0 Å². The van der Waals surface area contributed by atoms with E-state index in [4.69, 9.17) is 6.42 Å². The molecule has 0 spiro atoms. The van der Waals surface area contributed by atoms with Gasteiger partial charge in [-0.3, -0.25) is 0 Å². The highest BCUT2D eigenvalue weighted by Gasteiger charge is 2.11. The molecule has 1 heteroatoms. The summed E-state index contributed by atoms with van der Waals surface area (Å²) in [7, 11) is 0. The van der Waals surface area contributed by atoms with Crippen LogP contribution in [0.15, 0.2) is 24.3 Å². The summed E-state index contributed by atoms with van der Waals surface area (Å²) in [6, 6.07) is 8.15. The smallest absolute Gasteiger partial charge is 0.0715 e. The summed E-state index contributed by atoms with van der Waals surface area (Å²) in [5, 5.41) is 9.70. The van der Waals surface area contributed by atoms with Gasteiger partial charge in [-0.1, -0.05) is 29.8 Å². The largest absolute Gasteiger partial charge is 0.392 e. The Bertz CT molecular complexity index is 318. The van der Waals surface area contributed by atoms with E-state index in [1.807, 2.05) is 38.1 Å². The van der Waals surface area contributed by atoms with E-state index in [-0.39, 0.29) is 5.92 Å². The van der Waals surface area contributed by atoms with Gasteiger partial charge in [0.1, 0.15) is 0 Å². The molecule has 1 N–H and O–H groups in total. The molecule has 2 atom stereocenters. The molecular formula is C13H16O. The molecule has 2 unspecified atom stereocenters. The van der Waals surface area contributed by atoms with Gasteiger partial charge in [0, 0.05) is 5.92 Å². The van der Waals surface area contributed by atoms with Gasteiger partial charge in [-0.25, -0.2) is 0 Å². The van der Waals surface area contributed by atoms with Crippen molar-refractivity contribution in [3.63, 3.8) is 0 Å². The zero-order chi connectivity index (χ0) is 10.6. The highest BCUT2D eigenvalue weighted by molar-refractivity contribution is 5.22. The molecule has 0 saturated heterocycles. The molecule has 0 aliphatic heterocycles. The second-order valence-electron chi connectivity index (χ2n) is 3.71. The summed E-state index contributed by atoms with van der Waals surface area (Å²) in [6.07, 6.45) is 5.43. The van der Waals surface area contributed by atoms with Crippen molar-refractivity contribution in [2.75, 3.05) is 0 Å². The van der Waals surface area contributed by atoms with Gasteiger partial charge in [0.2, 0.25) is 0 Å². The molecule has 0 bridgehead atoms. The van der Waals surface area contributed by atoms with Gasteiger partial charge in [-0.05, 0) is 25.8 Å². The first-order chi connectivity index (χ1) is 6.63. The lowest BCUT2D eigenvalue weighted by Gasteiger charge is -2.13. The zero-order valence-corrected chi connectivity index (χ0v) is 8.70. The molecule has 0 aromatic heterocycles. The summed E-state index contributed by atoms with van der Waals surface area (Å²) >= 11 is 0. The number of aryl methyl sites for hydroxylation is 1. The number of benzene rings is 1. The standard InChI is InChI=1S/C13H16O/c1-4-11(3)13(14)9-12-7-5-10(2)6-8-12/h1,5-8,11,13-14H,9H2,2-3H3. The van der Waals surface area contributed by atoms with Gasteiger partial charge < -0.3 is 5.11 Å². The van der Waals surface area contributed by atoms with Gasteiger partial charge in [0.25, 0.3) is 0 Å². The molecular weight excluding hydrogens is 172 g/mol. The van der Waals surface area contributed by atoms with Crippen LogP contribution < -0.4 is 0 Å². The topological polar surface area (TPSA) is 20.2 Å². The van der Waals surface area contributed by atoms with Gasteiger partial charge in [0.15, 0.2) is 0 Å². The lowest BCUT2D eigenvalue weighted by molar-refractivity contribution is 0.142. The van der Waals surface area contributed by atoms with E-state index in [2.05, 4.69) is 5.92 Å². The number of rotatable bonds is 3. The molecule has 0 saturated carbocycles. The molecule has 14 heavy (non-hydrogen) atoms. The Balaban J connectivity index is 2.61. The minimum absolute atomic E-state index is 0.0868. The van der Waals surface area contributed by atoms with E-state index in [1.54, 1.807) is 0 Å². The third-order valence-electron chi connectivity index (χ3n) is 2.41. The van der Waals surface area contributed by atoms with Crippen LogP contribution in [-0.2, 0) is 6.42 Å². The van der Waals surface area contributed by atoms with Crippen molar-refractivity contribution >= 4 is 0 Å². The van der Waals surface area contributed by atoms with Crippen LogP contribution in [0.4, 0.5) is 0 Å². The van der Waals surface area contributed by atoms with Crippen molar-refractivity contribution in [1.29, 1.82) is 0 Å². The van der Waals surface area contributed by atoms with Gasteiger partial charge in [0.05, 0.1) is 6.10 Å². The average Bonchev–Trinajstić information content (AvgIpc) is 2.20. The number of hydrogen-bond donors (Lipinski definition) is 1. The maximum Gasteiger partial charge on any atom is 0.0715 e. The normalized spacial score (nSPS) is 14.4. The Morgan fingerprint density at radius 3 is 2.43 bits per heavy atom. The second kappa shape index (κ2) is 4.83. The van der Waals surface area contributed by atoms with Crippen molar-refractivity contribution in [3.05, 3.63) is 35.4 Å². The van der Waals surface area contributed by atoms with Crippen LogP contribution in [0.5, 0.6) is 0 Å². The van der Waals surface area contributed by atoms with Gasteiger partial charge in [-0.15, -0.1) is 12.3 Å². The minimum atomic E-state index is -0.442. The molecule has 1 aromatic rings. The van der Waals surface area contributed by atoms with Crippen molar-refractivity contribution < 1.29 is 5.11 Å². The lowest BCUT2D eigenvalue weighted by atomic mass is 9.98. The monoisotopic (exact) mass is 188 g/mol. The first-order valence-corrected chi connectivity index (χ1v) is 4.83. The number of terminal acetylenes is 1. The Kier molecular flexibility index (Phi) is 3.73. The number of hydrogen-bond acceptors (Lipinski definition) is 1. The lowest BCUT2D eigenvalue weighted by Crippen LogP contribution is -2.18. The van der Waals surface area contributed by atoms with Gasteiger partial charge in [-0.2, -0.15) is 0 Å². The molecule has 0 aliphatic rings. The highest BCUT2D eigenvalue weighted by atomic mass is 16.3. The molecule has 74 valence electrons. The fourth-order valence-electron chi connectivity index (χ4n) is 1.25. The predicted octanol–water partition coefficient (Wildman–Crippen LogP) is 2.17. The van der Waals surface area contributed by atoms with Crippen molar-refractivity contribution in [2.45, 2.75) is 26.4 Å². The Morgan fingerprint density at radius 2 is 1.93 bits per heavy atom. The Hall–Kier alpha value is -1.26. The molecule has 1 aromatic carbocycles. The number of aliphatic hydroxyl groups is 1. The molecule has 0 radical (unpaired) electrons. The van der Waals surface area contributed by atoms with Crippen LogP contribution in [-0.4, -0.2) is 11.2 Å². The molecule has 0 fully saturated rings. The zero-order valence-electron chi connectivity index (χ0n) is 8.70. The molecule has 1 rings (SSSR count). The van der Waals surface area contributed by atoms with Crippen LogP contribution in [0.1, 0.15) is 18.1 Å². The average molecular weight is 188 g/mol. The van der Waals surface area contributed by atoms with Crippen molar-refractivity contribution in [3.8, 4) is 12.3 Å². The first-order valence-electron chi connectivity index (χ1n) is 4.83. The van der Waals surface area contributed by atoms with E-state index in [1.165, 1.54) is 5.56 Å². The summed E-state index contributed by atoms with van der Waals surface area (Å²) in [6.45, 7) is 3.91. The molecule has 0 amide bonds. The van der Waals surface area contributed by atoms with E-state index in [0.29, 0.717) is 6.42 Å². The Labute approximate surface area is 85.8 Å². The van der Waals surface area contributed by atoms with Crippen LogP contribution in [0.3, 0.4) is 0 Å². The van der Waals surface area contributed by atoms with E-state index in [9.17, 15) is 5.11 Å². The third kappa shape index (κ3) is 2.90. The SMILES string of the molecule is C#CC(C)C(O)Cc1ccc(C)cc1. The molecule has 1 nitrogen and oxygen atoms in total. The van der Waals surface area contributed by atoms with E-state index in [0.717, 1.165) is 5.56 Å². The summed E-state index contributed by atoms with van der Waals surface area (Å²) in [4.78, 5) is 0. The summed E-state index contributed by atoms with van der Waals surface area (Å²) in [5.74, 6) is 2.46. The minimum Gasteiger partial charge on any atom is -0.392 e. The second-order valence-corrected chi connectivity index (χ2v) is 3.71. The quantitative estimate of drug-likeness (QED) is 0.721. The first kappa shape index (κ1) is 10.8. The fraction of sp³-hybridized carbons (Fsp3) is 0.385. The Morgan fingerprint density at radius 1 is 1.36 bits per heavy atom. The fourth-order valence-corrected chi connectivity index (χ4v) is 1.25. The van der Waals surface area contributed by atoms with Crippen molar-refractivity contribution in [1.82, 2.24) is 0 Å². The highest BCUT2D eigenvalue weighted by Crippen LogP contribution is 2.10. The maximum atomic E-state index is 9.70. The predicted molar refractivity (Wildman–Crippen MR) is 58.9 cm³/mol. The van der Waals surface area contributed by atoms with E-state index >= 15 is 0 Å². The number of aliphatic hydroxyl groups excluding tert-OH is 1. The van der Waals surface area contributed by atoms with E-state index < -0.39 is 6.10 Å². The van der Waals surface area contributed by atoms with Gasteiger partial charge >= 0.3 is 0 Å². The maximum absolute atomic E-state index is 9.70. The van der Waals surface area contributed by atoms with Crippen molar-refractivity contribution in [2.24, 2.45) is 5.92 Å². The van der Waals surface area contributed by atoms with Crippen LogP contribution in [0.25, 0.3) is 0 Å². The third-order valence-corrected chi connectivity index (χ3v) is 2.41. The van der Waals surface area contributed by atoms with Crippen LogP contribution in [0, 0.1) is 25.2 Å². The molecule has 0 aliphatic carbocycles. The summed E-state index contributed by atoms with van der Waals surface area (Å²) < 4.78 is 0.